The number of hydrogen-bond donors (Lipinski definition) is 1. The van der Waals surface area contributed by atoms with Crippen molar-refractivity contribution in [2.45, 2.75) is 57.6 Å². The third kappa shape index (κ3) is 4.70. The molecule has 1 aliphatic carbocycles. The molecule has 1 saturated carbocycles. The van der Waals surface area contributed by atoms with Gasteiger partial charge in [0, 0.05) is 25.1 Å². The van der Waals surface area contributed by atoms with Crippen LogP contribution in [0.4, 0.5) is 4.39 Å². The molecular formula is C23H28FN3O2. The predicted molar refractivity (Wildman–Crippen MR) is 111 cm³/mol. The van der Waals surface area contributed by atoms with Crippen molar-refractivity contribution in [3.63, 3.8) is 0 Å². The van der Waals surface area contributed by atoms with E-state index in [1.165, 1.54) is 19.3 Å². The molecule has 1 atom stereocenters. The lowest BCUT2D eigenvalue weighted by molar-refractivity contribution is -0.125. The van der Waals surface area contributed by atoms with Gasteiger partial charge in [0.05, 0.1) is 0 Å². The lowest BCUT2D eigenvalue weighted by Crippen LogP contribution is -2.31. The summed E-state index contributed by atoms with van der Waals surface area (Å²) in [6.07, 6.45) is 5.90. The third-order valence-corrected chi connectivity index (χ3v) is 5.48. The van der Waals surface area contributed by atoms with Gasteiger partial charge in [0.25, 0.3) is 0 Å². The number of aryl methyl sites for hydroxylation is 1. The molecule has 0 saturated heterocycles. The van der Waals surface area contributed by atoms with E-state index >= 15 is 0 Å². The van der Waals surface area contributed by atoms with Crippen molar-refractivity contribution < 1.29 is 14.3 Å². The van der Waals surface area contributed by atoms with Crippen LogP contribution in [0.5, 0.6) is 0 Å². The first kappa shape index (κ1) is 21.1. The number of hydrogen-bond acceptors (Lipinski definition) is 4. The standard InChI is InChI=1S/C12H15FO2.C11H13N3/c1-2-11(14)8-12(15,9-13)10-6-4-3-5-7-10;1-8-13-10-6-3-7-12-11(10)14(8)9-4-2-5-9/h3-7,15H,2,8-9H2,1H3;3,6-7,9H,2,4-5H2,1H3. The van der Waals surface area contributed by atoms with Gasteiger partial charge in [0.15, 0.2) is 5.65 Å². The molecule has 0 amide bonds. The van der Waals surface area contributed by atoms with Crippen LogP contribution in [0, 0.1) is 6.92 Å². The van der Waals surface area contributed by atoms with Crippen molar-refractivity contribution in [1.29, 1.82) is 0 Å². The number of alkyl halides is 1. The Labute approximate surface area is 170 Å². The lowest BCUT2D eigenvalue weighted by Gasteiger charge is -2.28. The maximum Gasteiger partial charge on any atom is 0.160 e. The SMILES string of the molecule is CCC(=O)CC(O)(CF)c1ccccc1.Cc1nc2cccnc2n1C1CCC1. The largest absolute Gasteiger partial charge is 0.382 e. The molecule has 3 aromatic rings. The molecule has 6 heteroatoms. The summed E-state index contributed by atoms with van der Waals surface area (Å²) in [5, 5.41) is 10.00. The first-order valence-corrected chi connectivity index (χ1v) is 10.1. The van der Waals surface area contributed by atoms with Gasteiger partial charge in [-0.3, -0.25) is 4.79 Å². The van der Waals surface area contributed by atoms with Gasteiger partial charge in [0.2, 0.25) is 0 Å². The number of rotatable bonds is 6. The van der Waals surface area contributed by atoms with Gasteiger partial charge in [-0.1, -0.05) is 37.3 Å². The molecule has 2 aromatic heterocycles. The summed E-state index contributed by atoms with van der Waals surface area (Å²) in [5.74, 6) is 0.961. The van der Waals surface area contributed by atoms with Crippen LogP contribution in [0.3, 0.4) is 0 Å². The molecule has 154 valence electrons. The number of carbonyl (C=O) groups is 1. The van der Waals surface area contributed by atoms with Crippen molar-refractivity contribution >= 4 is 16.9 Å². The van der Waals surface area contributed by atoms with E-state index in [4.69, 9.17) is 0 Å². The third-order valence-electron chi connectivity index (χ3n) is 5.48. The summed E-state index contributed by atoms with van der Waals surface area (Å²) in [7, 11) is 0. The number of fused-ring (bicyclic) bond motifs is 1. The molecule has 1 unspecified atom stereocenters. The number of nitrogens with zero attached hydrogens (tertiary/aromatic N) is 3. The lowest BCUT2D eigenvalue weighted by atomic mass is 9.89. The molecule has 0 bridgehead atoms. The predicted octanol–water partition coefficient (Wildman–Crippen LogP) is 4.68. The zero-order valence-corrected chi connectivity index (χ0v) is 17.0. The van der Waals surface area contributed by atoms with E-state index in [-0.39, 0.29) is 12.2 Å². The quantitative estimate of drug-likeness (QED) is 0.656. The van der Waals surface area contributed by atoms with Gasteiger partial charge in [-0.15, -0.1) is 0 Å². The second kappa shape index (κ2) is 9.27. The minimum atomic E-state index is -1.66. The fourth-order valence-electron chi connectivity index (χ4n) is 3.55. The highest BCUT2D eigenvalue weighted by molar-refractivity contribution is 5.79. The second-order valence-electron chi connectivity index (χ2n) is 7.56. The Balaban J connectivity index is 0.000000166. The van der Waals surface area contributed by atoms with Crippen molar-refractivity contribution in [2.24, 2.45) is 0 Å². The van der Waals surface area contributed by atoms with Gasteiger partial charge in [0.1, 0.15) is 29.4 Å². The van der Waals surface area contributed by atoms with E-state index in [1.807, 2.05) is 18.3 Å². The molecule has 1 N–H and O–H groups in total. The topological polar surface area (TPSA) is 68.0 Å². The van der Waals surface area contributed by atoms with E-state index in [0.29, 0.717) is 18.0 Å². The van der Waals surface area contributed by atoms with Crippen LogP contribution < -0.4 is 0 Å². The maximum absolute atomic E-state index is 12.8. The van der Waals surface area contributed by atoms with E-state index in [0.717, 1.165) is 17.0 Å². The first-order valence-electron chi connectivity index (χ1n) is 10.1. The molecule has 5 nitrogen and oxygen atoms in total. The fraction of sp³-hybridized carbons (Fsp3) is 0.435. The van der Waals surface area contributed by atoms with Crippen LogP contribution in [0.2, 0.25) is 0 Å². The van der Waals surface area contributed by atoms with Crippen molar-refractivity contribution in [1.82, 2.24) is 14.5 Å². The summed E-state index contributed by atoms with van der Waals surface area (Å²) in [6.45, 7) is 2.83. The Hall–Kier alpha value is -2.60. The molecule has 2 heterocycles. The van der Waals surface area contributed by atoms with Crippen molar-refractivity contribution in [2.75, 3.05) is 6.67 Å². The Bertz CT molecular complexity index is 953. The molecule has 1 aliphatic rings. The number of benzene rings is 1. The van der Waals surface area contributed by atoms with Crippen LogP contribution in [0.25, 0.3) is 11.2 Å². The summed E-state index contributed by atoms with van der Waals surface area (Å²) >= 11 is 0. The molecule has 0 spiro atoms. The van der Waals surface area contributed by atoms with Gasteiger partial charge in [-0.2, -0.15) is 0 Å². The van der Waals surface area contributed by atoms with E-state index in [9.17, 15) is 14.3 Å². The van der Waals surface area contributed by atoms with Crippen LogP contribution in [0.15, 0.2) is 48.7 Å². The summed E-state index contributed by atoms with van der Waals surface area (Å²) in [5.41, 5.74) is 0.870. The number of halogens is 1. The Morgan fingerprint density at radius 3 is 2.55 bits per heavy atom. The highest BCUT2D eigenvalue weighted by atomic mass is 19.1. The van der Waals surface area contributed by atoms with Crippen LogP contribution >= 0.6 is 0 Å². The molecule has 0 radical (unpaired) electrons. The Morgan fingerprint density at radius 1 is 1.24 bits per heavy atom. The van der Waals surface area contributed by atoms with E-state index in [2.05, 4.69) is 21.5 Å². The van der Waals surface area contributed by atoms with Gasteiger partial charge in [-0.25, -0.2) is 14.4 Å². The average Bonchev–Trinajstić information content (AvgIpc) is 3.03. The van der Waals surface area contributed by atoms with Crippen LogP contribution in [-0.4, -0.2) is 32.1 Å². The fourth-order valence-corrected chi connectivity index (χ4v) is 3.55. The number of ketones is 1. The summed E-state index contributed by atoms with van der Waals surface area (Å²) < 4.78 is 15.1. The monoisotopic (exact) mass is 397 g/mol. The number of aliphatic hydroxyl groups is 1. The number of Topliss-reactive ketones (excluding diaryl/α,β-unsaturated/α-hetero) is 1. The summed E-state index contributed by atoms with van der Waals surface area (Å²) in [6, 6.07) is 13.1. The molecule has 29 heavy (non-hydrogen) atoms. The molecule has 1 fully saturated rings. The first-order chi connectivity index (χ1) is 14.0. The zero-order chi connectivity index (χ0) is 20.9. The van der Waals surface area contributed by atoms with Gasteiger partial charge >= 0.3 is 0 Å². The normalized spacial score (nSPS) is 15.9. The number of imidazole rings is 1. The molecular weight excluding hydrogens is 369 g/mol. The second-order valence-corrected chi connectivity index (χ2v) is 7.56. The number of pyridine rings is 1. The maximum atomic E-state index is 12.8. The zero-order valence-electron chi connectivity index (χ0n) is 17.0. The summed E-state index contributed by atoms with van der Waals surface area (Å²) in [4.78, 5) is 20.2. The van der Waals surface area contributed by atoms with Crippen molar-refractivity contribution in [3.8, 4) is 0 Å². The van der Waals surface area contributed by atoms with Gasteiger partial charge in [-0.05, 0) is 43.9 Å². The number of carbonyl (C=O) groups excluding carboxylic acids is 1. The molecule has 1 aromatic carbocycles. The minimum Gasteiger partial charge on any atom is -0.382 e. The van der Waals surface area contributed by atoms with E-state index < -0.39 is 12.3 Å². The Morgan fingerprint density at radius 2 is 1.97 bits per heavy atom. The van der Waals surface area contributed by atoms with E-state index in [1.54, 1.807) is 37.3 Å². The molecule has 0 aliphatic heterocycles. The number of aromatic nitrogens is 3. The highest BCUT2D eigenvalue weighted by Gasteiger charge is 2.31. The van der Waals surface area contributed by atoms with Crippen LogP contribution in [0.1, 0.15) is 56.5 Å². The van der Waals surface area contributed by atoms with Crippen molar-refractivity contribution in [3.05, 3.63) is 60.0 Å². The van der Waals surface area contributed by atoms with Gasteiger partial charge < -0.3 is 9.67 Å². The smallest absolute Gasteiger partial charge is 0.160 e. The molecule has 4 rings (SSSR count). The minimum absolute atomic E-state index is 0.140. The average molecular weight is 397 g/mol. The highest BCUT2D eigenvalue weighted by Crippen LogP contribution is 2.34. The van der Waals surface area contributed by atoms with Crippen LogP contribution in [-0.2, 0) is 10.4 Å². The Kier molecular flexibility index (Phi) is 6.75.